The summed E-state index contributed by atoms with van der Waals surface area (Å²) in [5.41, 5.74) is -3.38. The highest BCUT2D eigenvalue weighted by atomic mass is 19.4. The SMILES string of the molecule is COc1ccc([B-](F)(F)F)c(C(F)(F)F)c1. The molecule has 0 spiro atoms. The molecular weight excluding hydrogens is 237 g/mol. The van der Waals surface area contributed by atoms with Crippen molar-refractivity contribution >= 4 is 12.4 Å². The molecular formula is C8H6BF6O-. The Morgan fingerprint density at radius 1 is 1.12 bits per heavy atom. The van der Waals surface area contributed by atoms with E-state index in [1.54, 1.807) is 0 Å². The molecule has 1 aromatic carbocycles. The lowest BCUT2D eigenvalue weighted by Gasteiger charge is -2.21. The van der Waals surface area contributed by atoms with Crippen molar-refractivity contribution in [2.45, 2.75) is 6.18 Å². The van der Waals surface area contributed by atoms with Gasteiger partial charge in [-0.15, -0.1) is 0 Å². The van der Waals surface area contributed by atoms with Gasteiger partial charge >= 0.3 is 13.2 Å². The molecule has 0 aliphatic heterocycles. The van der Waals surface area contributed by atoms with Crippen molar-refractivity contribution in [3.63, 3.8) is 0 Å². The van der Waals surface area contributed by atoms with Crippen LogP contribution in [0.3, 0.4) is 0 Å². The number of hydrogen-bond acceptors (Lipinski definition) is 1. The van der Waals surface area contributed by atoms with E-state index in [1.165, 1.54) is 0 Å². The highest BCUT2D eigenvalue weighted by molar-refractivity contribution is 6.74. The maximum atomic E-state index is 12.3. The fourth-order valence-corrected chi connectivity index (χ4v) is 1.19. The van der Waals surface area contributed by atoms with Gasteiger partial charge in [0, 0.05) is 5.56 Å². The maximum Gasteiger partial charge on any atom is 0.510 e. The van der Waals surface area contributed by atoms with Gasteiger partial charge in [-0.2, -0.15) is 13.2 Å². The summed E-state index contributed by atoms with van der Waals surface area (Å²) in [6.07, 6.45) is -5.05. The van der Waals surface area contributed by atoms with E-state index < -0.39 is 24.2 Å². The summed E-state index contributed by atoms with van der Waals surface area (Å²) in [6.45, 7) is -5.70. The van der Waals surface area contributed by atoms with Crippen molar-refractivity contribution < 1.29 is 30.9 Å². The minimum absolute atomic E-state index is 0.267. The predicted molar refractivity (Wildman–Crippen MR) is 46.7 cm³/mol. The molecule has 0 heterocycles. The van der Waals surface area contributed by atoms with E-state index in [1.807, 2.05) is 0 Å². The smallest absolute Gasteiger partial charge is 0.497 e. The van der Waals surface area contributed by atoms with Gasteiger partial charge in [-0.3, -0.25) is 0 Å². The molecule has 0 aliphatic rings. The van der Waals surface area contributed by atoms with Gasteiger partial charge in [0.2, 0.25) is 0 Å². The first-order chi connectivity index (χ1) is 7.16. The molecule has 0 N–H and O–H groups in total. The van der Waals surface area contributed by atoms with Gasteiger partial charge in [0.25, 0.3) is 0 Å². The largest absolute Gasteiger partial charge is 0.510 e. The zero-order valence-electron chi connectivity index (χ0n) is 7.99. The zero-order valence-corrected chi connectivity index (χ0v) is 7.99. The van der Waals surface area contributed by atoms with Gasteiger partial charge < -0.3 is 17.7 Å². The van der Waals surface area contributed by atoms with Crippen LogP contribution in [-0.2, 0) is 6.18 Å². The van der Waals surface area contributed by atoms with Gasteiger partial charge in [-0.05, 0) is 12.1 Å². The summed E-state index contributed by atoms with van der Waals surface area (Å²) in [5.74, 6) is -0.267. The molecule has 0 amide bonds. The average Bonchev–Trinajstić information content (AvgIpc) is 2.14. The van der Waals surface area contributed by atoms with E-state index in [-0.39, 0.29) is 5.75 Å². The van der Waals surface area contributed by atoms with Gasteiger partial charge in [0.05, 0.1) is 7.11 Å². The van der Waals surface area contributed by atoms with E-state index in [4.69, 9.17) is 0 Å². The van der Waals surface area contributed by atoms with Crippen LogP contribution in [-0.4, -0.2) is 14.1 Å². The molecule has 1 rings (SSSR count). The molecule has 0 bridgehead atoms. The summed E-state index contributed by atoms with van der Waals surface area (Å²) in [6, 6.07) is 1.56. The lowest BCUT2D eigenvalue weighted by Crippen LogP contribution is -2.39. The second kappa shape index (κ2) is 3.91. The van der Waals surface area contributed by atoms with E-state index in [0.29, 0.717) is 12.1 Å². The van der Waals surface area contributed by atoms with Crippen molar-refractivity contribution in [2.75, 3.05) is 7.11 Å². The Kier molecular flexibility index (Phi) is 3.11. The molecule has 1 aromatic rings. The first-order valence-corrected chi connectivity index (χ1v) is 4.11. The third-order valence-corrected chi connectivity index (χ3v) is 1.92. The Balaban J connectivity index is 3.40. The summed E-state index contributed by atoms with van der Waals surface area (Å²) in [4.78, 5) is 0. The topological polar surface area (TPSA) is 9.23 Å². The molecule has 0 radical (unpaired) electrons. The highest BCUT2D eigenvalue weighted by Crippen LogP contribution is 2.32. The Hall–Kier alpha value is -1.34. The minimum Gasteiger partial charge on any atom is -0.497 e. The number of halogens is 6. The monoisotopic (exact) mass is 243 g/mol. The van der Waals surface area contributed by atoms with Crippen LogP contribution in [0.1, 0.15) is 5.56 Å². The van der Waals surface area contributed by atoms with Crippen LogP contribution >= 0.6 is 0 Å². The highest BCUT2D eigenvalue weighted by Gasteiger charge is 2.39. The molecule has 0 fully saturated rings. The number of alkyl halides is 3. The standard InChI is InChI=1S/C8H6BF6O/c1-16-5-2-3-7(9(13,14)15)6(4-5)8(10,11)12/h2-4H,1H3/q-1. The molecule has 0 aromatic heterocycles. The summed E-state index contributed by atoms with van der Waals surface area (Å²) < 4.78 is 78.5. The van der Waals surface area contributed by atoms with Gasteiger partial charge in [0.15, 0.2) is 0 Å². The number of rotatable bonds is 2. The fourth-order valence-electron chi connectivity index (χ4n) is 1.19. The van der Waals surface area contributed by atoms with E-state index in [9.17, 15) is 26.1 Å². The molecule has 1 nitrogen and oxygen atoms in total. The average molecular weight is 243 g/mol. The fraction of sp³-hybridized carbons (Fsp3) is 0.250. The first-order valence-electron chi connectivity index (χ1n) is 4.11. The third kappa shape index (κ3) is 2.62. The van der Waals surface area contributed by atoms with Crippen molar-refractivity contribution in [1.29, 1.82) is 0 Å². The lowest BCUT2D eigenvalue weighted by molar-refractivity contribution is -0.137. The van der Waals surface area contributed by atoms with Gasteiger partial charge in [-0.25, -0.2) is 0 Å². The van der Waals surface area contributed by atoms with Crippen LogP contribution in [0.4, 0.5) is 26.1 Å². The first kappa shape index (κ1) is 12.7. The molecule has 8 heteroatoms. The van der Waals surface area contributed by atoms with Crippen LogP contribution in [0.5, 0.6) is 5.75 Å². The minimum atomic E-state index is -5.70. The van der Waals surface area contributed by atoms with Crippen LogP contribution < -0.4 is 10.2 Å². The molecule has 0 aliphatic carbocycles. The number of benzene rings is 1. The van der Waals surface area contributed by atoms with E-state index in [0.717, 1.165) is 13.2 Å². The third-order valence-electron chi connectivity index (χ3n) is 1.92. The summed E-state index contributed by atoms with van der Waals surface area (Å²) in [7, 11) is 1.08. The van der Waals surface area contributed by atoms with Crippen molar-refractivity contribution in [1.82, 2.24) is 0 Å². The predicted octanol–water partition coefficient (Wildman–Crippen LogP) is 2.77. The van der Waals surface area contributed by atoms with Crippen LogP contribution in [0.25, 0.3) is 0 Å². The Bertz CT molecular complexity index is 383. The second-order valence-electron chi connectivity index (χ2n) is 3.03. The Labute approximate surface area is 87.1 Å². The number of ether oxygens (including phenoxy) is 1. The summed E-state index contributed by atoms with van der Waals surface area (Å²) >= 11 is 0. The molecule has 0 unspecified atom stereocenters. The molecule has 90 valence electrons. The molecule has 0 atom stereocenters. The van der Waals surface area contributed by atoms with Crippen molar-refractivity contribution in [3.8, 4) is 5.75 Å². The Morgan fingerprint density at radius 2 is 1.69 bits per heavy atom. The van der Waals surface area contributed by atoms with Crippen molar-refractivity contribution in [3.05, 3.63) is 23.8 Å². The second-order valence-corrected chi connectivity index (χ2v) is 3.03. The van der Waals surface area contributed by atoms with Gasteiger partial charge in [-0.1, -0.05) is 11.5 Å². The molecule has 0 saturated carbocycles. The molecule has 0 saturated heterocycles. The Morgan fingerprint density at radius 3 is 2.06 bits per heavy atom. The van der Waals surface area contributed by atoms with Crippen molar-refractivity contribution in [2.24, 2.45) is 0 Å². The number of hydrogen-bond donors (Lipinski definition) is 0. The van der Waals surface area contributed by atoms with Crippen LogP contribution in [0, 0.1) is 0 Å². The van der Waals surface area contributed by atoms with E-state index >= 15 is 0 Å². The van der Waals surface area contributed by atoms with Crippen LogP contribution in [0.2, 0.25) is 0 Å². The van der Waals surface area contributed by atoms with Gasteiger partial charge in [0.1, 0.15) is 5.75 Å². The van der Waals surface area contributed by atoms with Crippen LogP contribution in [0.15, 0.2) is 18.2 Å². The maximum absolute atomic E-state index is 12.3. The molecule has 16 heavy (non-hydrogen) atoms. The lowest BCUT2D eigenvalue weighted by atomic mass is 9.76. The van der Waals surface area contributed by atoms with E-state index in [2.05, 4.69) is 4.74 Å². The zero-order chi connectivity index (χ0) is 12.6. The quantitative estimate of drug-likeness (QED) is 0.573. The number of methoxy groups -OCH3 is 1. The normalized spacial score (nSPS) is 12.7. The summed E-state index contributed by atoms with van der Waals surface area (Å²) in [5, 5.41) is 0.